The van der Waals surface area contributed by atoms with Gasteiger partial charge in [-0.05, 0) is 36.8 Å². The molecule has 20 heavy (non-hydrogen) atoms. The molecular weight excluding hydrogens is 270 g/mol. The molecule has 2 aromatic rings. The highest BCUT2D eigenvalue weighted by Gasteiger charge is 2.01. The van der Waals surface area contributed by atoms with Crippen LogP contribution in [-0.2, 0) is 6.61 Å². The third-order valence-electron chi connectivity index (χ3n) is 2.74. The van der Waals surface area contributed by atoms with Crippen molar-refractivity contribution in [3.63, 3.8) is 0 Å². The average molecular weight is 286 g/mol. The van der Waals surface area contributed by atoms with Crippen molar-refractivity contribution in [2.75, 3.05) is 5.88 Å². The Kier molecular flexibility index (Phi) is 5.46. The minimum absolute atomic E-state index is 0.520. The number of alkyl halides is 1. The molecule has 2 nitrogen and oxygen atoms in total. The van der Waals surface area contributed by atoms with E-state index in [4.69, 9.17) is 16.3 Å². The van der Waals surface area contributed by atoms with Crippen molar-refractivity contribution in [2.24, 2.45) is 0 Å². The molecule has 1 aromatic carbocycles. The molecule has 2 rings (SSSR count). The Morgan fingerprint density at radius 1 is 1.30 bits per heavy atom. The Hall–Kier alpha value is -1.98. The van der Waals surface area contributed by atoms with Gasteiger partial charge in [-0.3, -0.25) is 4.98 Å². The van der Waals surface area contributed by atoms with E-state index in [0.717, 1.165) is 22.4 Å². The summed E-state index contributed by atoms with van der Waals surface area (Å²) in [6.45, 7) is 2.54. The van der Waals surface area contributed by atoms with Gasteiger partial charge in [0, 0.05) is 35.8 Å². The molecular formula is C17H16ClNO. The van der Waals surface area contributed by atoms with E-state index in [1.165, 1.54) is 0 Å². The predicted octanol–water partition coefficient (Wildman–Crippen LogP) is 3.95. The lowest BCUT2D eigenvalue weighted by atomic mass is 10.1. The number of rotatable bonds is 4. The highest BCUT2D eigenvalue weighted by molar-refractivity contribution is 6.18. The number of nitrogens with zero attached hydrogens (tertiary/aromatic N) is 1. The Morgan fingerprint density at radius 3 is 2.90 bits per heavy atom. The number of halogens is 1. The quantitative estimate of drug-likeness (QED) is 0.627. The van der Waals surface area contributed by atoms with Crippen LogP contribution < -0.4 is 4.74 Å². The first-order chi connectivity index (χ1) is 9.79. The maximum atomic E-state index is 5.79. The number of aryl methyl sites for hydroxylation is 1. The second kappa shape index (κ2) is 7.57. The number of benzene rings is 1. The molecule has 0 aliphatic carbocycles. The van der Waals surface area contributed by atoms with Crippen molar-refractivity contribution in [1.29, 1.82) is 0 Å². The number of ether oxygens (including phenoxy) is 1. The molecule has 1 heterocycles. The fourth-order valence-corrected chi connectivity index (χ4v) is 1.84. The van der Waals surface area contributed by atoms with Crippen LogP contribution in [0, 0.1) is 18.8 Å². The second-order valence-electron chi connectivity index (χ2n) is 4.37. The number of aromatic nitrogens is 1. The Balaban J connectivity index is 2.01. The minimum atomic E-state index is 0.520. The van der Waals surface area contributed by atoms with Gasteiger partial charge in [-0.2, -0.15) is 0 Å². The summed E-state index contributed by atoms with van der Waals surface area (Å²) in [6, 6.07) is 9.85. The lowest BCUT2D eigenvalue weighted by Crippen LogP contribution is -1.97. The zero-order valence-electron chi connectivity index (χ0n) is 11.4. The second-order valence-corrected chi connectivity index (χ2v) is 4.75. The number of hydrogen-bond donors (Lipinski definition) is 0. The van der Waals surface area contributed by atoms with Crippen LogP contribution in [0.5, 0.6) is 5.75 Å². The van der Waals surface area contributed by atoms with Gasteiger partial charge in [-0.1, -0.05) is 17.9 Å². The molecule has 0 aliphatic heterocycles. The van der Waals surface area contributed by atoms with Crippen LogP contribution in [0.1, 0.15) is 23.1 Å². The van der Waals surface area contributed by atoms with Gasteiger partial charge in [0.15, 0.2) is 0 Å². The van der Waals surface area contributed by atoms with Gasteiger partial charge >= 0.3 is 0 Å². The summed E-state index contributed by atoms with van der Waals surface area (Å²) in [5.41, 5.74) is 3.12. The molecule has 0 fully saturated rings. The number of hydrogen-bond acceptors (Lipinski definition) is 2. The van der Waals surface area contributed by atoms with Crippen LogP contribution in [-0.4, -0.2) is 10.9 Å². The third-order valence-corrected chi connectivity index (χ3v) is 2.93. The van der Waals surface area contributed by atoms with E-state index in [1.54, 1.807) is 12.4 Å². The molecule has 0 saturated heterocycles. The molecule has 0 saturated carbocycles. The van der Waals surface area contributed by atoms with Gasteiger partial charge in [0.2, 0.25) is 0 Å². The summed E-state index contributed by atoms with van der Waals surface area (Å²) < 4.78 is 5.79. The van der Waals surface area contributed by atoms with E-state index in [0.29, 0.717) is 18.9 Å². The van der Waals surface area contributed by atoms with Gasteiger partial charge in [-0.15, -0.1) is 11.6 Å². The van der Waals surface area contributed by atoms with Crippen molar-refractivity contribution >= 4 is 11.6 Å². The van der Waals surface area contributed by atoms with Crippen LogP contribution in [0.25, 0.3) is 0 Å². The predicted molar refractivity (Wildman–Crippen MR) is 82.0 cm³/mol. The molecule has 0 unspecified atom stereocenters. The van der Waals surface area contributed by atoms with E-state index in [2.05, 4.69) is 16.8 Å². The summed E-state index contributed by atoms with van der Waals surface area (Å²) in [4.78, 5) is 4.07. The Bertz CT molecular complexity index is 614. The van der Waals surface area contributed by atoms with Crippen LogP contribution in [0.15, 0.2) is 42.7 Å². The van der Waals surface area contributed by atoms with Crippen molar-refractivity contribution in [1.82, 2.24) is 4.98 Å². The Morgan fingerprint density at radius 2 is 2.20 bits per heavy atom. The average Bonchev–Trinajstić information content (AvgIpc) is 2.48. The van der Waals surface area contributed by atoms with Crippen LogP contribution in [0.2, 0.25) is 0 Å². The largest absolute Gasteiger partial charge is 0.489 e. The lowest BCUT2D eigenvalue weighted by Gasteiger charge is -2.09. The fourth-order valence-electron chi connectivity index (χ4n) is 1.75. The standard InChI is InChI=1S/C17H16ClNO/c1-14-11-15(5-2-3-9-18)7-8-17(14)20-13-16-6-4-10-19-12-16/h4,6-8,10-12H,3,9,13H2,1H3. The van der Waals surface area contributed by atoms with Gasteiger partial charge < -0.3 is 4.74 Å². The van der Waals surface area contributed by atoms with Gasteiger partial charge in [0.05, 0.1) is 0 Å². The van der Waals surface area contributed by atoms with Gasteiger partial charge in [0.25, 0.3) is 0 Å². The van der Waals surface area contributed by atoms with Crippen molar-refractivity contribution in [3.05, 3.63) is 59.4 Å². The molecule has 1 aromatic heterocycles. The molecule has 0 radical (unpaired) electrons. The first-order valence-corrected chi connectivity index (χ1v) is 7.00. The molecule has 0 spiro atoms. The van der Waals surface area contributed by atoms with Crippen molar-refractivity contribution in [2.45, 2.75) is 20.0 Å². The smallest absolute Gasteiger partial charge is 0.122 e. The fraction of sp³-hybridized carbons (Fsp3) is 0.235. The monoisotopic (exact) mass is 285 g/mol. The number of pyridine rings is 1. The van der Waals surface area contributed by atoms with E-state index in [9.17, 15) is 0 Å². The lowest BCUT2D eigenvalue weighted by molar-refractivity contribution is 0.303. The summed E-state index contributed by atoms with van der Waals surface area (Å²) in [5.74, 6) is 7.55. The first-order valence-electron chi connectivity index (χ1n) is 6.47. The molecule has 0 bridgehead atoms. The van der Waals surface area contributed by atoms with E-state index >= 15 is 0 Å². The van der Waals surface area contributed by atoms with Gasteiger partial charge in [-0.25, -0.2) is 0 Å². The van der Waals surface area contributed by atoms with Crippen LogP contribution in [0.4, 0.5) is 0 Å². The van der Waals surface area contributed by atoms with Crippen molar-refractivity contribution < 1.29 is 4.74 Å². The highest BCUT2D eigenvalue weighted by atomic mass is 35.5. The molecule has 0 aliphatic rings. The first kappa shape index (κ1) is 14.4. The summed E-state index contributed by atoms with van der Waals surface area (Å²) >= 11 is 5.60. The van der Waals surface area contributed by atoms with Crippen LogP contribution >= 0.6 is 11.6 Å². The van der Waals surface area contributed by atoms with E-state index < -0.39 is 0 Å². The zero-order valence-corrected chi connectivity index (χ0v) is 12.2. The van der Waals surface area contributed by atoms with Gasteiger partial charge in [0.1, 0.15) is 12.4 Å². The molecule has 0 amide bonds. The normalized spacial score (nSPS) is 9.70. The van der Waals surface area contributed by atoms with Crippen molar-refractivity contribution in [3.8, 4) is 17.6 Å². The maximum absolute atomic E-state index is 5.79. The Labute approximate surface area is 124 Å². The SMILES string of the molecule is Cc1cc(C#CCCCl)ccc1OCc1cccnc1. The third kappa shape index (κ3) is 4.29. The van der Waals surface area contributed by atoms with Crippen LogP contribution in [0.3, 0.4) is 0 Å². The van der Waals surface area contributed by atoms with E-state index in [1.807, 2.05) is 37.3 Å². The molecule has 0 atom stereocenters. The minimum Gasteiger partial charge on any atom is -0.489 e. The summed E-state index contributed by atoms with van der Waals surface area (Å²) in [5, 5.41) is 0. The maximum Gasteiger partial charge on any atom is 0.122 e. The molecule has 3 heteroatoms. The van der Waals surface area contributed by atoms with E-state index in [-0.39, 0.29) is 0 Å². The zero-order chi connectivity index (χ0) is 14.2. The molecule has 102 valence electrons. The summed E-state index contributed by atoms with van der Waals surface area (Å²) in [6.07, 6.45) is 4.27. The molecule has 0 N–H and O–H groups in total. The highest BCUT2D eigenvalue weighted by Crippen LogP contribution is 2.20. The summed E-state index contributed by atoms with van der Waals surface area (Å²) in [7, 11) is 0. The topological polar surface area (TPSA) is 22.1 Å².